The van der Waals surface area contributed by atoms with Crippen molar-refractivity contribution in [3.63, 3.8) is 0 Å². The van der Waals surface area contributed by atoms with Crippen molar-refractivity contribution in [2.45, 2.75) is 0 Å². The second-order valence-electron chi connectivity index (χ2n) is 4.12. The van der Waals surface area contributed by atoms with Crippen LogP contribution in [-0.2, 0) is 0 Å². The number of anilines is 2. The third-order valence-corrected chi connectivity index (χ3v) is 3.79. The van der Waals surface area contributed by atoms with Crippen LogP contribution in [-0.4, -0.2) is 14.2 Å². The standard InChI is InChI=1S/C15H12BrClN2O2/c1-20-14-7-13(15(21-2)6-11(14)17)19-12-4-3-9(8-18)5-10(12)16/h3-7,19H,1-2H3. The summed E-state index contributed by atoms with van der Waals surface area (Å²) in [5.74, 6) is 1.14. The number of nitrogens with one attached hydrogen (secondary N) is 1. The number of nitrogens with zero attached hydrogens (tertiary/aromatic N) is 1. The highest BCUT2D eigenvalue weighted by molar-refractivity contribution is 9.10. The average molecular weight is 368 g/mol. The molecule has 2 rings (SSSR count). The van der Waals surface area contributed by atoms with Gasteiger partial charge < -0.3 is 14.8 Å². The largest absolute Gasteiger partial charge is 0.495 e. The van der Waals surface area contributed by atoms with E-state index in [1.807, 2.05) is 6.07 Å². The third-order valence-electron chi connectivity index (χ3n) is 2.84. The lowest BCUT2D eigenvalue weighted by molar-refractivity contribution is 0.405. The molecule has 0 saturated heterocycles. The molecule has 0 aliphatic rings. The summed E-state index contributed by atoms with van der Waals surface area (Å²) in [6.07, 6.45) is 0. The van der Waals surface area contributed by atoms with E-state index in [0.29, 0.717) is 27.8 Å². The van der Waals surface area contributed by atoms with Crippen molar-refractivity contribution in [3.05, 3.63) is 45.4 Å². The van der Waals surface area contributed by atoms with Crippen molar-refractivity contribution in [1.82, 2.24) is 0 Å². The summed E-state index contributed by atoms with van der Waals surface area (Å²) in [7, 11) is 3.12. The summed E-state index contributed by atoms with van der Waals surface area (Å²) in [5.41, 5.74) is 2.09. The lowest BCUT2D eigenvalue weighted by atomic mass is 10.2. The Morgan fingerprint density at radius 3 is 2.38 bits per heavy atom. The molecule has 0 spiro atoms. The van der Waals surface area contributed by atoms with Gasteiger partial charge in [-0.05, 0) is 34.1 Å². The number of benzene rings is 2. The number of halogens is 2. The molecule has 0 atom stereocenters. The maximum atomic E-state index is 8.88. The molecule has 6 heteroatoms. The molecule has 2 aromatic carbocycles. The van der Waals surface area contributed by atoms with Crippen molar-refractivity contribution in [2.75, 3.05) is 19.5 Å². The summed E-state index contributed by atoms with van der Waals surface area (Å²) < 4.78 is 11.3. The lowest BCUT2D eigenvalue weighted by Gasteiger charge is -2.15. The molecule has 0 amide bonds. The maximum Gasteiger partial charge on any atom is 0.144 e. The molecule has 1 N–H and O–H groups in total. The van der Waals surface area contributed by atoms with Gasteiger partial charge in [-0.15, -0.1) is 0 Å². The molecule has 0 aliphatic carbocycles. The first-order valence-corrected chi connectivity index (χ1v) is 7.14. The molecule has 0 radical (unpaired) electrons. The van der Waals surface area contributed by atoms with E-state index in [9.17, 15) is 0 Å². The van der Waals surface area contributed by atoms with E-state index in [-0.39, 0.29) is 0 Å². The van der Waals surface area contributed by atoms with Crippen LogP contribution in [0.1, 0.15) is 5.56 Å². The van der Waals surface area contributed by atoms with Crippen LogP contribution in [0, 0.1) is 11.3 Å². The topological polar surface area (TPSA) is 54.3 Å². The van der Waals surface area contributed by atoms with Gasteiger partial charge in [0.25, 0.3) is 0 Å². The monoisotopic (exact) mass is 366 g/mol. The van der Waals surface area contributed by atoms with E-state index < -0.39 is 0 Å². The first-order valence-electron chi connectivity index (χ1n) is 5.97. The minimum atomic E-state index is 0.471. The second-order valence-corrected chi connectivity index (χ2v) is 5.38. The highest BCUT2D eigenvalue weighted by Gasteiger charge is 2.11. The van der Waals surface area contributed by atoms with Crippen LogP contribution in [0.25, 0.3) is 0 Å². The lowest BCUT2D eigenvalue weighted by Crippen LogP contribution is -1.97. The Bertz CT molecular complexity index is 714. The van der Waals surface area contributed by atoms with Crippen LogP contribution < -0.4 is 14.8 Å². The fourth-order valence-electron chi connectivity index (χ4n) is 1.79. The molecule has 0 fully saturated rings. The van der Waals surface area contributed by atoms with Gasteiger partial charge in [0.1, 0.15) is 11.5 Å². The summed E-state index contributed by atoms with van der Waals surface area (Å²) in [5, 5.41) is 12.6. The van der Waals surface area contributed by atoms with E-state index in [1.54, 1.807) is 38.5 Å². The third kappa shape index (κ3) is 3.41. The van der Waals surface area contributed by atoms with Crippen molar-refractivity contribution >= 4 is 38.9 Å². The molecule has 4 nitrogen and oxygen atoms in total. The van der Waals surface area contributed by atoms with Crippen molar-refractivity contribution in [2.24, 2.45) is 0 Å². The SMILES string of the molecule is COc1cc(Nc2ccc(C#N)cc2Br)c(OC)cc1Cl. The first kappa shape index (κ1) is 15.5. The van der Waals surface area contributed by atoms with Gasteiger partial charge in [-0.3, -0.25) is 0 Å². The van der Waals surface area contributed by atoms with Crippen LogP contribution in [0.15, 0.2) is 34.8 Å². The molecule has 0 unspecified atom stereocenters. The smallest absolute Gasteiger partial charge is 0.144 e. The molecule has 108 valence electrons. The fraction of sp³-hybridized carbons (Fsp3) is 0.133. The van der Waals surface area contributed by atoms with Crippen LogP contribution >= 0.6 is 27.5 Å². The zero-order valence-electron chi connectivity index (χ0n) is 11.4. The Balaban J connectivity index is 2.41. The Morgan fingerprint density at radius 1 is 1.10 bits per heavy atom. The second kappa shape index (κ2) is 6.70. The predicted molar refractivity (Wildman–Crippen MR) is 86.7 cm³/mol. The Labute approximate surface area is 136 Å². The van der Waals surface area contributed by atoms with Gasteiger partial charge in [0.15, 0.2) is 0 Å². The van der Waals surface area contributed by atoms with E-state index in [4.69, 9.17) is 26.3 Å². The van der Waals surface area contributed by atoms with Crippen LogP contribution in [0.5, 0.6) is 11.5 Å². The number of hydrogen-bond acceptors (Lipinski definition) is 4. The van der Waals surface area contributed by atoms with E-state index in [0.717, 1.165) is 10.2 Å². The van der Waals surface area contributed by atoms with Gasteiger partial charge in [0, 0.05) is 16.6 Å². The molecule has 0 saturated carbocycles. The van der Waals surface area contributed by atoms with Gasteiger partial charge in [-0.1, -0.05) is 11.6 Å². The minimum absolute atomic E-state index is 0.471. The summed E-state index contributed by atoms with van der Waals surface area (Å²) in [4.78, 5) is 0. The molecule has 0 aromatic heterocycles. The van der Waals surface area contributed by atoms with Gasteiger partial charge in [0.05, 0.1) is 42.2 Å². The Kier molecular flexibility index (Phi) is 4.94. The van der Waals surface area contributed by atoms with Crippen LogP contribution in [0.4, 0.5) is 11.4 Å². The molecule has 0 heterocycles. The maximum absolute atomic E-state index is 8.88. The quantitative estimate of drug-likeness (QED) is 0.848. The number of hydrogen-bond donors (Lipinski definition) is 1. The van der Waals surface area contributed by atoms with Crippen LogP contribution in [0.2, 0.25) is 5.02 Å². The van der Waals surface area contributed by atoms with Crippen molar-refractivity contribution in [1.29, 1.82) is 5.26 Å². The van der Waals surface area contributed by atoms with E-state index in [1.165, 1.54) is 0 Å². The highest BCUT2D eigenvalue weighted by atomic mass is 79.9. The van der Waals surface area contributed by atoms with Crippen molar-refractivity contribution in [3.8, 4) is 17.6 Å². The summed E-state index contributed by atoms with van der Waals surface area (Å²) in [6, 6.07) is 10.8. The number of methoxy groups -OCH3 is 2. The molecular formula is C15H12BrClN2O2. The van der Waals surface area contributed by atoms with Crippen LogP contribution in [0.3, 0.4) is 0 Å². The van der Waals surface area contributed by atoms with Gasteiger partial charge in [-0.25, -0.2) is 0 Å². The van der Waals surface area contributed by atoms with Gasteiger partial charge in [-0.2, -0.15) is 5.26 Å². The zero-order chi connectivity index (χ0) is 15.4. The summed E-state index contributed by atoms with van der Waals surface area (Å²) >= 11 is 9.51. The first-order chi connectivity index (χ1) is 10.1. The fourth-order valence-corrected chi connectivity index (χ4v) is 2.50. The Hall–Kier alpha value is -1.90. The minimum Gasteiger partial charge on any atom is -0.495 e. The molecule has 0 bridgehead atoms. The number of nitriles is 1. The normalized spacial score (nSPS) is 9.86. The van der Waals surface area contributed by atoms with E-state index >= 15 is 0 Å². The molecule has 21 heavy (non-hydrogen) atoms. The summed E-state index contributed by atoms with van der Waals surface area (Å²) in [6.45, 7) is 0. The zero-order valence-corrected chi connectivity index (χ0v) is 13.7. The van der Waals surface area contributed by atoms with E-state index in [2.05, 4.69) is 27.3 Å². The highest BCUT2D eigenvalue weighted by Crippen LogP contribution is 2.38. The average Bonchev–Trinajstić information content (AvgIpc) is 2.50. The number of rotatable bonds is 4. The van der Waals surface area contributed by atoms with Gasteiger partial charge in [0.2, 0.25) is 0 Å². The molecular weight excluding hydrogens is 356 g/mol. The predicted octanol–water partition coefficient (Wildman–Crippen LogP) is 4.73. The van der Waals surface area contributed by atoms with Gasteiger partial charge >= 0.3 is 0 Å². The Morgan fingerprint density at radius 2 is 1.81 bits per heavy atom. The molecule has 2 aromatic rings. The number of ether oxygens (including phenoxy) is 2. The van der Waals surface area contributed by atoms with Crippen molar-refractivity contribution < 1.29 is 9.47 Å². The molecule has 0 aliphatic heterocycles.